The van der Waals surface area contributed by atoms with Gasteiger partial charge in [0.15, 0.2) is 0 Å². The lowest BCUT2D eigenvalue weighted by molar-refractivity contribution is -0.142. The molecule has 17 N–H and O–H groups in total. The van der Waals surface area contributed by atoms with E-state index in [2.05, 4.69) is 73.8 Å². The molecule has 0 radical (unpaired) electrons. The van der Waals surface area contributed by atoms with Crippen LogP contribution in [0.15, 0.2) is 73.2 Å². The molecule has 13 amide bonds. The summed E-state index contributed by atoms with van der Waals surface area (Å²) in [4.78, 5) is 196. The van der Waals surface area contributed by atoms with Gasteiger partial charge in [-0.05, 0) is 79.1 Å². The molecule has 0 unspecified atom stereocenters. The Morgan fingerprint density at radius 1 is 0.576 bits per heavy atom. The number of H-pyrrole nitrogens is 1. The zero-order valence-electron chi connectivity index (χ0n) is 56.2. The average molecular weight is 1440 g/mol. The van der Waals surface area contributed by atoms with Crippen molar-refractivity contribution >= 4 is 118 Å². The molecule has 2 aliphatic heterocycles. The van der Waals surface area contributed by atoms with Crippen LogP contribution in [0.1, 0.15) is 102 Å². The molecule has 2 aliphatic rings. The van der Waals surface area contributed by atoms with Crippen molar-refractivity contribution in [1.29, 1.82) is 0 Å². The van der Waals surface area contributed by atoms with Gasteiger partial charge in [-0.25, -0.2) is 9.78 Å². The third kappa shape index (κ3) is 28.1. The second kappa shape index (κ2) is 41.5. The standard InChI is InChI=1S/C65H93N15O16S3/c1-35(2)25-42(58(89)72-40(56(66)87)21-23-97-5)71-51(82)32-68-64(95)54(36(3)4)79-63(94)44(27-38-17-11-8-12-18-38)75-59(90)43(26-37-15-9-7-10-16-37)74-62(93)47(30-53(85)86)77-60(91)45(28-39-31-67-34-69-39)76-57(88)41(22-24-98-6)73-61(92)46(29-52(83)84)70-50(81)20-14-13-19-49-55-48(33-99-49)78-65(96)80-55/h7-12,15-18,31,34-36,40-49,54-55H,13-14,19-30,32-33H2,1-6H3,(H2,66,87)(H,67,69)(H,68,95)(H,70,81)(H,71,82)(H,72,89)(H,73,92)(H,74,93)(H,75,90)(H,76,88)(H,77,91)(H,79,94)(H,83,84)(H,85,86)(H2,78,80,96)/t40-,41-,42-,43-,44-,45-,46-,47-,48-,49-,54-,55-/m0/s1. The first-order valence-corrected chi connectivity index (χ1v) is 36.4. The number of carbonyl (C=O) groups is 14. The van der Waals surface area contributed by atoms with E-state index in [1.54, 1.807) is 92.5 Å². The molecule has 1 aromatic heterocycles. The van der Waals surface area contributed by atoms with Crippen LogP contribution in [0.2, 0.25) is 0 Å². The maximum atomic E-state index is 14.8. The number of aliphatic carboxylic acids is 2. The second-order valence-electron chi connectivity index (χ2n) is 24.9. The molecule has 3 heterocycles. The molecule has 12 atom stereocenters. The van der Waals surface area contributed by atoms with Crippen LogP contribution >= 0.6 is 35.3 Å². The smallest absolute Gasteiger partial charge is 0.315 e. The van der Waals surface area contributed by atoms with Crippen LogP contribution in [-0.4, -0.2) is 211 Å². The number of rotatable bonds is 44. The Balaban J connectivity index is 1.32. The molecule has 99 heavy (non-hydrogen) atoms. The first-order chi connectivity index (χ1) is 47.1. The van der Waals surface area contributed by atoms with Crippen LogP contribution in [0.4, 0.5) is 4.79 Å². The highest BCUT2D eigenvalue weighted by Crippen LogP contribution is 2.33. The van der Waals surface area contributed by atoms with Gasteiger partial charge in [0.25, 0.3) is 0 Å². The van der Waals surface area contributed by atoms with Crippen molar-refractivity contribution in [3.8, 4) is 0 Å². The zero-order chi connectivity index (χ0) is 72.7. The van der Waals surface area contributed by atoms with Gasteiger partial charge in [-0.3, -0.25) is 62.3 Å². The van der Waals surface area contributed by atoms with E-state index in [0.29, 0.717) is 36.1 Å². The van der Waals surface area contributed by atoms with Crippen LogP contribution < -0.4 is 69.5 Å². The van der Waals surface area contributed by atoms with Crippen LogP contribution in [0.5, 0.6) is 0 Å². The number of nitrogens with two attached hydrogens (primary N) is 1. The van der Waals surface area contributed by atoms with Crippen LogP contribution in [0.25, 0.3) is 0 Å². The van der Waals surface area contributed by atoms with E-state index in [9.17, 15) is 77.3 Å². The quantitative estimate of drug-likeness (QED) is 0.0245. The van der Waals surface area contributed by atoms with Crippen molar-refractivity contribution in [2.24, 2.45) is 17.6 Å². The Morgan fingerprint density at radius 2 is 1.05 bits per heavy atom. The number of benzene rings is 2. The molecule has 0 aliphatic carbocycles. The Morgan fingerprint density at radius 3 is 1.57 bits per heavy atom. The lowest BCUT2D eigenvalue weighted by Gasteiger charge is -2.28. The number of fused-ring (bicyclic) bond motifs is 1. The van der Waals surface area contributed by atoms with Crippen LogP contribution in [0, 0.1) is 11.8 Å². The van der Waals surface area contributed by atoms with Crippen molar-refractivity contribution in [2.75, 3.05) is 36.3 Å². The third-order valence-electron chi connectivity index (χ3n) is 16.1. The summed E-state index contributed by atoms with van der Waals surface area (Å²) >= 11 is 4.46. The number of primary amides is 1. The second-order valence-corrected chi connectivity index (χ2v) is 28.1. The summed E-state index contributed by atoms with van der Waals surface area (Å²) < 4.78 is 0. The van der Waals surface area contributed by atoms with Gasteiger partial charge in [0.2, 0.25) is 65.0 Å². The number of amides is 13. The normalized spacial score (nSPS) is 17.3. The van der Waals surface area contributed by atoms with Crippen molar-refractivity contribution in [3.05, 3.63) is 90.0 Å². The summed E-state index contributed by atoms with van der Waals surface area (Å²) in [7, 11) is 0. The number of imidazole rings is 1. The molecule has 2 fully saturated rings. The lowest BCUT2D eigenvalue weighted by Crippen LogP contribution is -2.61. The summed E-state index contributed by atoms with van der Waals surface area (Å²) in [6, 6.07) is 3.39. The van der Waals surface area contributed by atoms with Crippen LogP contribution in [-0.2, 0) is 81.6 Å². The number of nitrogens with one attached hydrogen (secondary N) is 13. The number of urea groups is 1. The van der Waals surface area contributed by atoms with Gasteiger partial charge in [-0.2, -0.15) is 35.3 Å². The van der Waals surface area contributed by atoms with E-state index in [4.69, 9.17) is 5.73 Å². The molecule has 5 rings (SSSR count). The van der Waals surface area contributed by atoms with E-state index in [-0.39, 0.29) is 85.7 Å². The molecule has 34 heteroatoms. The summed E-state index contributed by atoms with van der Waals surface area (Å²) in [6.45, 7) is 6.26. The fourth-order valence-electron chi connectivity index (χ4n) is 10.9. The largest absolute Gasteiger partial charge is 0.481 e. The Bertz CT molecular complexity index is 3250. The number of hydrogen-bond donors (Lipinski definition) is 16. The highest BCUT2D eigenvalue weighted by Gasteiger charge is 2.43. The summed E-state index contributed by atoms with van der Waals surface area (Å²) in [6.07, 6.45) is 5.49. The molecule has 0 saturated carbocycles. The maximum absolute atomic E-state index is 14.8. The molecule has 3 aromatic rings. The van der Waals surface area contributed by atoms with Crippen molar-refractivity contribution in [2.45, 2.75) is 176 Å². The lowest BCUT2D eigenvalue weighted by atomic mass is 9.99. The minimum Gasteiger partial charge on any atom is -0.481 e. The molecule has 31 nitrogen and oxygen atoms in total. The number of carboxylic acid groups (broad SMARTS) is 2. The highest BCUT2D eigenvalue weighted by atomic mass is 32.2. The number of aromatic nitrogens is 2. The summed E-state index contributed by atoms with van der Waals surface area (Å²) in [5.74, 6) is -11.8. The van der Waals surface area contributed by atoms with Gasteiger partial charge in [-0.15, -0.1) is 0 Å². The number of carbonyl (C=O) groups excluding carboxylic acids is 12. The minimum absolute atomic E-state index is 0.0198. The van der Waals surface area contributed by atoms with Gasteiger partial charge in [-0.1, -0.05) is 94.8 Å². The Hall–Kier alpha value is -8.92. The molecular formula is C65H93N15O16S3. The number of carboxylic acids is 2. The fourth-order valence-corrected chi connectivity index (χ4v) is 13.4. The number of hydrogen-bond acceptors (Lipinski definition) is 18. The molecule has 2 saturated heterocycles. The van der Waals surface area contributed by atoms with Crippen molar-refractivity contribution in [3.63, 3.8) is 0 Å². The predicted octanol–water partition coefficient (Wildman–Crippen LogP) is -0.714. The SMILES string of the molecule is CSCC[C@H](NC(=O)[C@H](CC(C)C)NC(=O)CNC(=O)[C@@H](NC(=O)[C@H](Cc1ccccc1)NC(=O)[C@H](Cc1ccccc1)NC(=O)[C@H](CC(=O)O)NC(=O)[C@H](Cc1cnc[nH]1)NC(=O)[C@H](CCSC)NC(=O)[C@H](CC(=O)O)NC(=O)CCCC[C@@H]1SC[C@@H]2NC(=O)N[C@@H]21)C(C)C)C(N)=O. The monoisotopic (exact) mass is 1440 g/mol. The minimum atomic E-state index is -1.95. The Kier molecular flexibility index (Phi) is 33.8. The summed E-state index contributed by atoms with van der Waals surface area (Å²) in [5.41, 5.74) is 6.86. The van der Waals surface area contributed by atoms with E-state index < -0.39 is 157 Å². The predicted molar refractivity (Wildman–Crippen MR) is 371 cm³/mol. The van der Waals surface area contributed by atoms with E-state index in [0.717, 1.165) is 5.75 Å². The van der Waals surface area contributed by atoms with Crippen molar-refractivity contribution in [1.82, 2.24) is 73.8 Å². The maximum Gasteiger partial charge on any atom is 0.315 e. The van der Waals surface area contributed by atoms with Gasteiger partial charge in [0, 0.05) is 48.6 Å². The molecule has 0 bridgehead atoms. The van der Waals surface area contributed by atoms with Gasteiger partial charge >= 0.3 is 18.0 Å². The number of nitrogens with zero attached hydrogens (tertiary/aromatic N) is 1. The fraction of sp³-hybridized carbons (Fsp3) is 0.554. The topological polar surface area (TPSA) is 478 Å². The van der Waals surface area contributed by atoms with Crippen molar-refractivity contribution < 1.29 is 77.3 Å². The first-order valence-electron chi connectivity index (χ1n) is 32.6. The van der Waals surface area contributed by atoms with Crippen LogP contribution in [0.3, 0.4) is 0 Å². The van der Waals surface area contributed by atoms with Gasteiger partial charge in [0.05, 0.1) is 37.8 Å². The molecular weight excluding hydrogens is 1340 g/mol. The molecule has 0 spiro atoms. The highest BCUT2D eigenvalue weighted by molar-refractivity contribution is 8.00. The van der Waals surface area contributed by atoms with Gasteiger partial charge in [0.1, 0.15) is 54.4 Å². The Labute approximate surface area is 586 Å². The van der Waals surface area contributed by atoms with Gasteiger partial charge < -0.3 is 84.7 Å². The number of aromatic amines is 1. The number of thioether (sulfide) groups is 3. The zero-order valence-corrected chi connectivity index (χ0v) is 58.6. The van der Waals surface area contributed by atoms with E-state index >= 15 is 0 Å². The number of unbranched alkanes of at least 4 members (excludes halogenated alkanes) is 1. The third-order valence-corrected chi connectivity index (χ3v) is 18.9. The molecule has 2 aromatic carbocycles. The average Bonchev–Trinajstić information content (AvgIpc) is 1.66. The van der Waals surface area contributed by atoms with E-state index in [1.165, 1.54) is 36.0 Å². The summed E-state index contributed by atoms with van der Waals surface area (Å²) in [5, 5.41) is 51.5. The van der Waals surface area contributed by atoms with E-state index in [1.807, 2.05) is 20.1 Å². The molecule has 542 valence electrons. The first kappa shape index (κ1) is 80.8.